The van der Waals surface area contributed by atoms with E-state index in [9.17, 15) is 0 Å². The average molecular weight is 882 g/mol. The van der Waals surface area contributed by atoms with Crippen LogP contribution in [0.25, 0.3) is 45.1 Å². The smallest absolute Gasteiger partial charge is 1.00 e. The van der Waals surface area contributed by atoms with Gasteiger partial charge in [-0.25, -0.2) is 15.0 Å². The molecule has 0 aliphatic rings. The Bertz CT molecular complexity index is 1660. The first kappa shape index (κ1) is 52.8. The molecule has 5 rings (SSSR count). The summed E-state index contributed by atoms with van der Waals surface area (Å²) in [5.74, 6) is 1.94. The molecule has 0 fully saturated rings. The normalized spacial score (nSPS) is 11.2. The summed E-state index contributed by atoms with van der Waals surface area (Å²) in [6.45, 7) is 6.54. The summed E-state index contributed by atoms with van der Waals surface area (Å²) in [4.78, 5) is 15.6. The van der Waals surface area contributed by atoms with Crippen molar-refractivity contribution >= 4 is 22.1 Å². The van der Waals surface area contributed by atoms with Gasteiger partial charge in [0.2, 0.25) is 0 Å². The van der Waals surface area contributed by atoms with Crippen molar-refractivity contribution in [3.8, 4) is 23.0 Å². The molecule has 8 heteroatoms. The van der Waals surface area contributed by atoms with Crippen molar-refractivity contribution in [3.63, 3.8) is 0 Å². The van der Waals surface area contributed by atoms with E-state index in [1.807, 2.05) is 0 Å². The van der Waals surface area contributed by atoms with Gasteiger partial charge in [-0.05, 0) is 49.2 Å². The maximum Gasteiger partial charge on any atom is 2.00 e. The molecule has 5 nitrogen and oxygen atoms in total. The second-order valence-electron chi connectivity index (χ2n) is 16.8. The van der Waals surface area contributed by atoms with Crippen LogP contribution in [0.3, 0.4) is 0 Å². The summed E-state index contributed by atoms with van der Waals surface area (Å²) in [6, 6.07) is 23.6. The Morgan fingerprint density at radius 1 is 0.339 bits per heavy atom. The van der Waals surface area contributed by atoms with Gasteiger partial charge >= 0.3 is 18.6 Å². The number of halogens is 2. The molecule has 0 saturated carbocycles. The van der Waals surface area contributed by atoms with Gasteiger partial charge in [-0.15, -0.1) is 0 Å². The molecule has 0 amide bonds. The number of aromatic nitrogens is 5. The SMILES string of the molecule is CCCCCCCCCCCCCCCCn1c(-c2cccc(-c3nc4ccccc4n3CCCCCCCCCCCCCCCC)n2)nc2ccccc21.[Cl-].[Cl-].[V+2]. The minimum Gasteiger partial charge on any atom is -1.00 e. The molecule has 0 aliphatic heterocycles. The number of aryl methyl sites for hydroxylation is 2. The molecule has 0 spiro atoms. The zero-order valence-electron chi connectivity index (χ0n) is 37.0. The zero-order chi connectivity index (χ0) is 38.9. The van der Waals surface area contributed by atoms with Crippen LogP contribution in [0.2, 0.25) is 0 Å². The van der Waals surface area contributed by atoms with Crippen molar-refractivity contribution in [3.05, 3.63) is 66.7 Å². The van der Waals surface area contributed by atoms with Crippen LogP contribution in [0.15, 0.2) is 66.7 Å². The van der Waals surface area contributed by atoms with Gasteiger partial charge in [-0.3, -0.25) is 0 Å². The number of pyridine rings is 1. The first-order valence-corrected chi connectivity index (χ1v) is 23.7. The third kappa shape index (κ3) is 18.3. The first-order chi connectivity index (χ1) is 27.8. The number of imidazole rings is 2. The van der Waals surface area contributed by atoms with Gasteiger partial charge in [0.1, 0.15) is 11.4 Å². The summed E-state index contributed by atoms with van der Waals surface area (Å²) < 4.78 is 4.83. The van der Waals surface area contributed by atoms with Gasteiger partial charge in [0, 0.05) is 13.1 Å². The van der Waals surface area contributed by atoms with Crippen LogP contribution >= 0.6 is 0 Å². The second-order valence-corrected chi connectivity index (χ2v) is 16.8. The molecule has 3 aromatic heterocycles. The van der Waals surface area contributed by atoms with Gasteiger partial charge in [0.15, 0.2) is 11.6 Å². The molecule has 0 unspecified atom stereocenters. The molecule has 0 atom stereocenters. The third-order valence-corrected chi connectivity index (χ3v) is 12.0. The minimum absolute atomic E-state index is 0. The van der Waals surface area contributed by atoms with E-state index in [4.69, 9.17) is 15.0 Å². The van der Waals surface area contributed by atoms with Gasteiger partial charge in [-0.2, -0.15) is 0 Å². The summed E-state index contributed by atoms with van der Waals surface area (Å²) in [7, 11) is 0. The fourth-order valence-electron chi connectivity index (χ4n) is 8.61. The number of hydrogen-bond donors (Lipinski definition) is 0. The molecule has 5 aromatic rings. The maximum absolute atomic E-state index is 5.29. The standard InChI is InChI=1S/C51H77N5.2ClH.V/c1-3-5-7-9-11-13-15-17-19-21-23-25-27-33-42-55-48-40-31-29-36-44(48)53-50(55)46-38-35-39-47(52-46)51-54-45-37-30-32-41-49(45)56(51)43-34-28-26-24-22-20-18-16-14-12-10-8-6-4-2;;;/h29-32,35-41H,3-28,33-34,42-43H2,1-2H3;2*1H;/q;;;+2/p-2. The summed E-state index contributed by atoms with van der Waals surface area (Å²) in [6.07, 6.45) is 38.5. The number of hydrogen-bond acceptors (Lipinski definition) is 3. The fourth-order valence-corrected chi connectivity index (χ4v) is 8.61. The van der Waals surface area contributed by atoms with E-state index >= 15 is 0 Å². The van der Waals surface area contributed by atoms with Crippen molar-refractivity contribution in [2.75, 3.05) is 0 Å². The van der Waals surface area contributed by atoms with Crippen LogP contribution in [0.5, 0.6) is 0 Å². The molecule has 0 bridgehead atoms. The van der Waals surface area contributed by atoms with Gasteiger partial charge in [0.05, 0.1) is 22.1 Å². The molecule has 2 aromatic carbocycles. The van der Waals surface area contributed by atoms with E-state index in [0.717, 1.165) is 47.2 Å². The number of benzene rings is 2. The van der Waals surface area contributed by atoms with Crippen LogP contribution in [-0.4, -0.2) is 24.1 Å². The summed E-state index contributed by atoms with van der Waals surface area (Å²) >= 11 is 0. The van der Waals surface area contributed by atoms with E-state index in [2.05, 4.69) is 89.7 Å². The Balaban J connectivity index is 0.00000400. The molecule has 3 heterocycles. The van der Waals surface area contributed by atoms with Crippen molar-refractivity contribution < 1.29 is 43.4 Å². The van der Waals surface area contributed by atoms with E-state index in [0.29, 0.717) is 0 Å². The molecular formula is C51H77Cl2N5V. The molecule has 59 heavy (non-hydrogen) atoms. The van der Waals surface area contributed by atoms with Crippen LogP contribution in [0.4, 0.5) is 0 Å². The number of rotatable bonds is 32. The zero-order valence-corrected chi connectivity index (χ0v) is 39.9. The predicted octanol–water partition coefficient (Wildman–Crippen LogP) is 10.1. The fraction of sp³-hybridized carbons (Fsp3) is 0.627. The summed E-state index contributed by atoms with van der Waals surface area (Å²) in [5.41, 5.74) is 6.36. The Morgan fingerprint density at radius 3 is 0.949 bits per heavy atom. The predicted molar refractivity (Wildman–Crippen MR) is 242 cm³/mol. The number of para-hydroxylation sites is 4. The van der Waals surface area contributed by atoms with Crippen molar-refractivity contribution in [2.45, 2.75) is 207 Å². The van der Waals surface area contributed by atoms with E-state index in [1.165, 1.54) is 191 Å². The Labute approximate surface area is 383 Å². The quantitative estimate of drug-likeness (QED) is 0.0405. The summed E-state index contributed by atoms with van der Waals surface area (Å²) in [5, 5.41) is 0. The Hall–Kier alpha value is -2.31. The van der Waals surface area contributed by atoms with E-state index < -0.39 is 0 Å². The molecule has 0 saturated heterocycles. The van der Waals surface area contributed by atoms with Crippen LogP contribution < -0.4 is 24.8 Å². The van der Waals surface area contributed by atoms with Crippen molar-refractivity contribution in [1.29, 1.82) is 0 Å². The monoisotopic (exact) mass is 880 g/mol. The topological polar surface area (TPSA) is 48.5 Å². The van der Waals surface area contributed by atoms with E-state index in [1.54, 1.807) is 0 Å². The second kappa shape index (κ2) is 32.4. The molecule has 325 valence electrons. The number of unbranched alkanes of at least 4 members (excludes halogenated alkanes) is 26. The van der Waals surface area contributed by atoms with Crippen molar-refractivity contribution in [2.24, 2.45) is 0 Å². The van der Waals surface area contributed by atoms with Crippen LogP contribution in [0.1, 0.15) is 194 Å². The maximum atomic E-state index is 5.29. The van der Waals surface area contributed by atoms with Gasteiger partial charge in [0.25, 0.3) is 0 Å². The largest absolute Gasteiger partial charge is 2.00 e. The molecule has 0 aliphatic carbocycles. The van der Waals surface area contributed by atoms with Crippen LogP contribution in [-0.2, 0) is 31.6 Å². The molecule has 0 N–H and O–H groups in total. The average Bonchev–Trinajstić information content (AvgIpc) is 3.79. The minimum atomic E-state index is 0. The molecule has 1 radical (unpaired) electrons. The Morgan fingerprint density at radius 2 is 0.627 bits per heavy atom. The number of fused-ring (bicyclic) bond motifs is 2. The molecular weight excluding hydrogens is 804 g/mol. The van der Waals surface area contributed by atoms with Gasteiger partial charge < -0.3 is 33.9 Å². The first-order valence-electron chi connectivity index (χ1n) is 23.7. The van der Waals surface area contributed by atoms with Crippen LogP contribution in [0, 0.1) is 0 Å². The van der Waals surface area contributed by atoms with E-state index in [-0.39, 0.29) is 43.4 Å². The van der Waals surface area contributed by atoms with Crippen molar-refractivity contribution in [1.82, 2.24) is 24.1 Å². The van der Waals surface area contributed by atoms with Gasteiger partial charge in [-0.1, -0.05) is 211 Å². The Kier molecular flexibility index (Phi) is 29.0. The number of nitrogens with zero attached hydrogens (tertiary/aromatic N) is 5. The third-order valence-electron chi connectivity index (χ3n) is 12.0.